The number of terminal acetylenes is 1. The fourth-order valence-corrected chi connectivity index (χ4v) is 1.80. The molecule has 1 N–H and O–H groups in total. The lowest BCUT2D eigenvalue weighted by molar-refractivity contribution is 0.315. The fraction of sp³-hybridized carbons (Fsp3) is 0.385. The lowest BCUT2D eigenvalue weighted by Crippen LogP contribution is -2.12. The molecule has 0 radical (unpaired) electrons. The van der Waals surface area contributed by atoms with Crippen LogP contribution >= 0.6 is 28.3 Å². The Bertz CT molecular complexity index is 376. The Morgan fingerprint density at radius 3 is 2.82 bits per heavy atom. The van der Waals surface area contributed by atoms with Crippen molar-refractivity contribution in [2.45, 2.75) is 19.9 Å². The van der Waals surface area contributed by atoms with Crippen LogP contribution in [-0.4, -0.2) is 13.2 Å². The van der Waals surface area contributed by atoms with Gasteiger partial charge in [-0.05, 0) is 40.0 Å². The van der Waals surface area contributed by atoms with Crippen LogP contribution in [0.5, 0.6) is 5.75 Å². The van der Waals surface area contributed by atoms with E-state index in [9.17, 15) is 0 Å². The maximum absolute atomic E-state index is 5.57. The number of nitrogens with one attached hydrogen (secondary N) is 1. The molecular weight excluding hydrogens is 302 g/mol. The minimum atomic E-state index is 0. The third-order valence-corrected chi connectivity index (χ3v) is 2.63. The Balaban J connectivity index is 0.00000256. The topological polar surface area (TPSA) is 21.3 Å². The number of hydrogen-bond donors (Lipinski definition) is 1. The van der Waals surface area contributed by atoms with Crippen molar-refractivity contribution >= 4 is 28.3 Å². The summed E-state index contributed by atoms with van der Waals surface area (Å²) in [5.74, 6) is 3.44. The first-order valence-corrected chi connectivity index (χ1v) is 6.12. The summed E-state index contributed by atoms with van der Waals surface area (Å²) >= 11 is 3.49. The van der Waals surface area contributed by atoms with Crippen LogP contribution in [0.4, 0.5) is 0 Å². The largest absolute Gasteiger partial charge is 0.492 e. The standard InChI is InChI=1S/C13H16BrNO.ClH/c1-3-7-15-10-11-5-6-13(12(14)9-11)16-8-4-2;/h1,5-6,9,15H,4,7-8,10H2,2H3;1H. The summed E-state index contributed by atoms with van der Waals surface area (Å²) in [4.78, 5) is 0. The summed E-state index contributed by atoms with van der Waals surface area (Å²) in [5, 5.41) is 3.14. The summed E-state index contributed by atoms with van der Waals surface area (Å²) in [5.41, 5.74) is 1.19. The van der Waals surface area contributed by atoms with Gasteiger partial charge in [0.2, 0.25) is 0 Å². The molecule has 0 aliphatic heterocycles. The van der Waals surface area contributed by atoms with Crippen molar-refractivity contribution in [2.75, 3.05) is 13.2 Å². The van der Waals surface area contributed by atoms with Gasteiger partial charge in [0.25, 0.3) is 0 Å². The van der Waals surface area contributed by atoms with E-state index >= 15 is 0 Å². The van der Waals surface area contributed by atoms with Gasteiger partial charge in [0.1, 0.15) is 5.75 Å². The van der Waals surface area contributed by atoms with E-state index in [0.717, 1.165) is 29.8 Å². The van der Waals surface area contributed by atoms with Crippen LogP contribution in [0.2, 0.25) is 0 Å². The highest BCUT2D eigenvalue weighted by Crippen LogP contribution is 2.26. The Morgan fingerprint density at radius 1 is 1.47 bits per heavy atom. The van der Waals surface area contributed by atoms with Gasteiger partial charge in [0.15, 0.2) is 0 Å². The van der Waals surface area contributed by atoms with Crippen molar-refractivity contribution in [3.8, 4) is 18.1 Å². The van der Waals surface area contributed by atoms with Gasteiger partial charge in [-0.25, -0.2) is 0 Å². The van der Waals surface area contributed by atoms with Crippen LogP contribution in [-0.2, 0) is 6.54 Å². The van der Waals surface area contributed by atoms with E-state index in [1.807, 2.05) is 12.1 Å². The first-order chi connectivity index (χ1) is 7.77. The number of rotatable bonds is 6. The molecule has 0 aromatic heterocycles. The van der Waals surface area contributed by atoms with Crippen molar-refractivity contribution in [3.63, 3.8) is 0 Å². The summed E-state index contributed by atoms with van der Waals surface area (Å²) in [6.45, 7) is 4.20. The SMILES string of the molecule is C#CCNCc1ccc(OCCC)c(Br)c1.Cl. The number of ether oxygens (including phenoxy) is 1. The zero-order valence-electron chi connectivity index (χ0n) is 9.83. The molecule has 4 heteroatoms. The van der Waals surface area contributed by atoms with Gasteiger partial charge in [0, 0.05) is 6.54 Å². The van der Waals surface area contributed by atoms with E-state index in [4.69, 9.17) is 11.2 Å². The molecule has 0 saturated heterocycles. The molecule has 0 aliphatic rings. The molecule has 1 aromatic rings. The zero-order valence-corrected chi connectivity index (χ0v) is 12.2. The predicted molar refractivity (Wildman–Crippen MR) is 77.7 cm³/mol. The molecule has 0 unspecified atom stereocenters. The highest BCUT2D eigenvalue weighted by molar-refractivity contribution is 9.10. The van der Waals surface area contributed by atoms with Crippen LogP contribution in [0.1, 0.15) is 18.9 Å². The van der Waals surface area contributed by atoms with Gasteiger partial charge < -0.3 is 10.1 Å². The van der Waals surface area contributed by atoms with Crippen LogP contribution in [0.3, 0.4) is 0 Å². The fourth-order valence-electron chi connectivity index (χ4n) is 1.26. The molecule has 2 nitrogen and oxygen atoms in total. The maximum Gasteiger partial charge on any atom is 0.133 e. The van der Waals surface area contributed by atoms with Gasteiger partial charge in [0.05, 0.1) is 17.6 Å². The second kappa shape index (κ2) is 9.35. The van der Waals surface area contributed by atoms with Gasteiger partial charge in [-0.3, -0.25) is 0 Å². The minimum absolute atomic E-state index is 0. The van der Waals surface area contributed by atoms with Crippen LogP contribution < -0.4 is 10.1 Å². The van der Waals surface area contributed by atoms with Crippen molar-refractivity contribution in [1.82, 2.24) is 5.32 Å². The second-order valence-corrected chi connectivity index (χ2v) is 4.28. The smallest absolute Gasteiger partial charge is 0.133 e. The van der Waals surface area contributed by atoms with Gasteiger partial charge >= 0.3 is 0 Å². The molecule has 0 bridgehead atoms. The Morgan fingerprint density at radius 2 is 2.24 bits per heavy atom. The molecule has 0 aliphatic carbocycles. The Hall–Kier alpha value is -0.690. The second-order valence-electron chi connectivity index (χ2n) is 3.42. The first kappa shape index (κ1) is 16.3. The summed E-state index contributed by atoms with van der Waals surface area (Å²) in [6.07, 6.45) is 6.17. The molecule has 0 saturated carbocycles. The van der Waals surface area contributed by atoms with Crippen molar-refractivity contribution in [2.24, 2.45) is 0 Å². The quantitative estimate of drug-likeness (QED) is 0.641. The van der Waals surface area contributed by atoms with Crippen molar-refractivity contribution in [1.29, 1.82) is 0 Å². The molecule has 0 fully saturated rings. The van der Waals surface area contributed by atoms with Crippen molar-refractivity contribution in [3.05, 3.63) is 28.2 Å². The molecule has 1 rings (SSSR count). The molecule has 0 heterocycles. The van der Waals surface area contributed by atoms with E-state index < -0.39 is 0 Å². The monoisotopic (exact) mass is 317 g/mol. The lowest BCUT2D eigenvalue weighted by Gasteiger charge is -2.09. The zero-order chi connectivity index (χ0) is 11.8. The first-order valence-electron chi connectivity index (χ1n) is 5.33. The molecule has 1 aromatic carbocycles. The van der Waals surface area contributed by atoms with Crippen molar-refractivity contribution < 1.29 is 4.74 Å². The molecule has 0 spiro atoms. The molecule has 0 amide bonds. The van der Waals surface area contributed by atoms with Gasteiger partial charge in [-0.15, -0.1) is 18.8 Å². The summed E-state index contributed by atoms with van der Waals surface area (Å²) in [7, 11) is 0. The Kier molecular flexibility index (Phi) is 8.97. The number of halogens is 2. The predicted octanol–water partition coefficient (Wildman–Crippen LogP) is 3.38. The summed E-state index contributed by atoms with van der Waals surface area (Å²) in [6, 6.07) is 6.07. The third-order valence-electron chi connectivity index (χ3n) is 2.01. The molecule has 17 heavy (non-hydrogen) atoms. The van der Waals surface area contributed by atoms with E-state index in [2.05, 4.69) is 40.2 Å². The average Bonchev–Trinajstić information content (AvgIpc) is 2.28. The minimum Gasteiger partial charge on any atom is -0.492 e. The van der Waals surface area contributed by atoms with E-state index in [-0.39, 0.29) is 12.4 Å². The molecule has 94 valence electrons. The highest BCUT2D eigenvalue weighted by Gasteiger charge is 2.01. The average molecular weight is 319 g/mol. The normalized spacial score (nSPS) is 9.24. The number of hydrogen-bond acceptors (Lipinski definition) is 2. The molecule has 0 atom stereocenters. The van der Waals surface area contributed by atoms with E-state index in [1.54, 1.807) is 0 Å². The Labute approximate surface area is 118 Å². The molecular formula is C13H17BrClNO. The maximum atomic E-state index is 5.57. The van der Waals surface area contributed by atoms with Crippen LogP contribution in [0.15, 0.2) is 22.7 Å². The van der Waals surface area contributed by atoms with Gasteiger partial charge in [-0.2, -0.15) is 0 Å². The summed E-state index contributed by atoms with van der Waals surface area (Å²) < 4.78 is 6.55. The number of benzene rings is 1. The van der Waals surface area contributed by atoms with E-state index in [0.29, 0.717) is 6.54 Å². The third kappa shape index (κ3) is 5.97. The van der Waals surface area contributed by atoms with Gasteiger partial charge in [-0.1, -0.05) is 18.9 Å². The van der Waals surface area contributed by atoms with E-state index in [1.165, 1.54) is 5.56 Å². The van der Waals surface area contributed by atoms with Crippen LogP contribution in [0.25, 0.3) is 0 Å². The lowest BCUT2D eigenvalue weighted by atomic mass is 10.2. The van der Waals surface area contributed by atoms with Crippen LogP contribution in [0, 0.1) is 12.3 Å². The highest BCUT2D eigenvalue weighted by atomic mass is 79.9.